The summed E-state index contributed by atoms with van der Waals surface area (Å²) in [5.41, 5.74) is 1.80. The second kappa shape index (κ2) is 9.16. The van der Waals surface area contributed by atoms with Crippen LogP contribution in [0.1, 0.15) is 12.0 Å². The lowest BCUT2D eigenvalue weighted by molar-refractivity contribution is -0.114. The quantitative estimate of drug-likeness (QED) is 0.401. The Morgan fingerprint density at radius 2 is 1.86 bits per heavy atom. The molecule has 0 unspecified atom stereocenters. The van der Waals surface area contributed by atoms with Crippen molar-refractivity contribution in [3.8, 4) is 5.75 Å². The maximum Gasteiger partial charge on any atom is 0.283 e. The number of hydrogen-bond donors (Lipinski definition) is 1. The molecule has 0 fully saturated rings. The second-order valence-corrected chi connectivity index (χ2v) is 11.1. The van der Waals surface area contributed by atoms with Crippen molar-refractivity contribution in [2.24, 2.45) is 10.1 Å². The van der Waals surface area contributed by atoms with E-state index in [9.17, 15) is 13.2 Å². The van der Waals surface area contributed by atoms with Crippen LogP contribution in [0.4, 0.5) is 0 Å². The number of fused-ring (bicyclic) bond motifs is 2. The van der Waals surface area contributed by atoms with Crippen molar-refractivity contribution >= 4 is 59.9 Å². The summed E-state index contributed by atoms with van der Waals surface area (Å²) in [6, 6.07) is 17.5. The maximum atomic E-state index is 12.7. The van der Waals surface area contributed by atoms with Gasteiger partial charge in [0.1, 0.15) is 5.75 Å². The largest absolute Gasteiger partial charge is 0.494 e. The average molecular weight is 508 g/mol. The van der Waals surface area contributed by atoms with Gasteiger partial charge in [-0.25, -0.2) is 8.42 Å². The van der Waals surface area contributed by atoms with E-state index in [0.717, 1.165) is 51.7 Å². The molecule has 2 aliphatic rings. The Labute approximate surface area is 206 Å². The van der Waals surface area contributed by atoms with Crippen molar-refractivity contribution in [3.05, 3.63) is 71.9 Å². The lowest BCUT2D eigenvalue weighted by Crippen LogP contribution is -2.35. The number of sulfone groups is 1. The van der Waals surface area contributed by atoms with Crippen LogP contribution in [0.15, 0.2) is 76.5 Å². The number of amidine groups is 2. The van der Waals surface area contributed by atoms with Gasteiger partial charge in [-0.1, -0.05) is 36.4 Å². The molecule has 0 bridgehead atoms. The van der Waals surface area contributed by atoms with Gasteiger partial charge in [0.25, 0.3) is 5.91 Å². The number of rotatable bonds is 6. The minimum absolute atomic E-state index is 0.0446. The van der Waals surface area contributed by atoms with Gasteiger partial charge in [0.2, 0.25) is 19.4 Å². The first-order valence-corrected chi connectivity index (χ1v) is 13.5. The molecule has 1 N–H and O–H groups in total. The number of benzene rings is 2. The fraction of sp³-hybridized carbons (Fsp3) is 0.167. The molecule has 178 valence electrons. The topological polar surface area (TPSA) is 117 Å². The van der Waals surface area contributed by atoms with E-state index in [0.29, 0.717) is 13.2 Å². The molecule has 1 aromatic heterocycles. The van der Waals surface area contributed by atoms with Crippen molar-refractivity contribution in [1.82, 2.24) is 9.58 Å². The van der Waals surface area contributed by atoms with Gasteiger partial charge in [-0.05, 0) is 42.5 Å². The molecule has 0 aliphatic carbocycles. The Bertz CT molecular complexity index is 1540. The van der Waals surface area contributed by atoms with E-state index in [-0.39, 0.29) is 21.0 Å². The molecular weight excluding hydrogens is 486 g/mol. The van der Waals surface area contributed by atoms with Crippen LogP contribution in [0.5, 0.6) is 5.75 Å². The van der Waals surface area contributed by atoms with Crippen LogP contribution < -0.4 is 4.74 Å². The predicted molar refractivity (Wildman–Crippen MR) is 138 cm³/mol. The molecule has 9 nitrogen and oxygen atoms in total. The van der Waals surface area contributed by atoms with Crippen molar-refractivity contribution in [3.63, 3.8) is 0 Å². The molecule has 35 heavy (non-hydrogen) atoms. The van der Waals surface area contributed by atoms with Gasteiger partial charge in [-0.2, -0.15) is 10.0 Å². The van der Waals surface area contributed by atoms with Crippen molar-refractivity contribution in [2.45, 2.75) is 13.0 Å². The van der Waals surface area contributed by atoms with Crippen LogP contribution in [0.2, 0.25) is 0 Å². The van der Waals surface area contributed by atoms with E-state index >= 15 is 0 Å². The number of thioether (sulfide) groups is 1. The lowest BCUT2D eigenvalue weighted by Gasteiger charge is -2.19. The highest BCUT2D eigenvalue weighted by Crippen LogP contribution is 2.31. The second-order valence-electron chi connectivity index (χ2n) is 7.97. The van der Waals surface area contributed by atoms with Crippen molar-refractivity contribution < 1.29 is 17.9 Å². The van der Waals surface area contributed by atoms with Crippen molar-refractivity contribution in [2.75, 3.05) is 12.9 Å². The fourth-order valence-electron chi connectivity index (χ4n) is 3.80. The molecule has 0 atom stereocenters. The molecule has 1 amide bonds. The van der Waals surface area contributed by atoms with Gasteiger partial charge in [-0.15, -0.1) is 5.10 Å². The first-order chi connectivity index (χ1) is 16.8. The third-order valence-corrected chi connectivity index (χ3v) is 8.01. The first kappa shape index (κ1) is 23.1. The highest BCUT2D eigenvalue weighted by molar-refractivity contribution is 8.42. The summed E-state index contributed by atoms with van der Waals surface area (Å²) in [5, 5.41) is 14.6. The maximum absolute atomic E-state index is 12.7. The van der Waals surface area contributed by atoms with Crippen LogP contribution in [-0.2, 0) is 21.2 Å². The zero-order valence-corrected chi connectivity index (χ0v) is 20.3. The first-order valence-electron chi connectivity index (χ1n) is 10.8. The van der Waals surface area contributed by atoms with Gasteiger partial charge in [-0.3, -0.25) is 10.2 Å². The minimum atomic E-state index is -3.58. The van der Waals surface area contributed by atoms with E-state index in [1.54, 1.807) is 6.08 Å². The molecule has 0 saturated carbocycles. The average Bonchev–Trinajstić information content (AvgIpc) is 3.42. The Morgan fingerprint density at radius 3 is 2.63 bits per heavy atom. The SMILES string of the molecule is CS(=O)(=O)C1=NN2C(=N)/C(=C\c3cn(CCCOc4ccccc4)c4ccccc34)C(=O)N=C2S1. The number of nitrogens with zero attached hydrogens (tertiary/aromatic N) is 4. The number of carbonyl (C=O) groups is 1. The molecule has 3 aromatic rings. The summed E-state index contributed by atoms with van der Waals surface area (Å²) in [5.74, 6) is 0.0114. The van der Waals surface area contributed by atoms with Crippen LogP contribution in [0.25, 0.3) is 17.0 Å². The number of nitrogens with one attached hydrogen (secondary N) is 1. The zero-order chi connectivity index (χ0) is 24.6. The molecule has 5 rings (SSSR count). The number of aliphatic imine (C=N–C) groups is 1. The van der Waals surface area contributed by atoms with Crippen LogP contribution in [-0.4, -0.2) is 52.1 Å². The number of ether oxygens (including phenoxy) is 1. The molecule has 0 saturated heterocycles. The molecule has 11 heteroatoms. The molecule has 3 heterocycles. The molecule has 0 radical (unpaired) electrons. The highest BCUT2D eigenvalue weighted by Gasteiger charge is 2.38. The number of amides is 1. The Kier molecular flexibility index (Phi) is 6.03. The lowest BCUT2D eigenvalue weighted by atomic mass is 10.1. The smallest absolute Gasteiger partial charge is 0.283 e. The van der Waals surface area contributed by atoms with Gasteiger partial charge in [0, 0.05) is 35.5 Å². The number of aromatic nitrogens is 1. The summed E-state index contributed by atoms with van der Waals surface area (Å²) in [4.78, 5) is 16.7. The van der Waals surface area contributed by atoms with Crippen molar-refractivity contribution in [1.29, 1.82) is 5.41 Å². The molecule has 2 aliphatic heterocycles. The van der Waals surface area contributed by atoms with Gasteiger partial charge in [0.15, 0.2) is 5.84 Å². The molecule has 0 spiro atoms. The van der Waals surface area contributed by atoms with Gasteiger partial charge >= 0.3 is 0 Å². The minimum Gasteiger partial charge on any atom is -0.494 e. The number of hydrazone groups is 1. The van der Waals surface area contributed by atoms with E-state index in [2.05, 4.69) is 14.7 Å². The predicted octanol–water partition coefficient (Wildman–Crippen LogP) is 3.73. The Hall–Kier alpha value is -3.70. The van der Waals surface area contributed by atoms with Crippen LogP contribution >= 0.6 is 11.8 Å². The Morgan fingerprint density at radius 1 is 1.11 bits per heavy atom. The Balaban J connectivity index is 1.40. The number of carbonyl (C=O) groups excluding carboxylic acids is 1. The third-order valence-electron chi connectivity index (χ3n) is 5.43. The third kappa shape index (κ3) is 4.64. The number of hydrogen-bond acceptors (Lipinski definition) is 7. The summed E-state index contributed by atoms with van der Waals surface area (Å²) in [6.07, 6.45) is 5.35. The van der Waals surface area contributed by atoms with E-state index in [1.165, 1.54) is 0 Å². The van der Waals surface area contributed by atoms with Crippen LogP contribution in [0, 0.1) is 5.41 Å². The zero-order valence-electron chi connectivity index (χ0n) is 18.7. The van der Waals surface area contributed by atoms with Gasteiger partial charge in [0.05, 0.1) is 12.2 Å². The number of para-hydroxylation sites is 2. The van der Waals surface area contributed by atoms with E-state index in [4.69, 9.17) is 10.1 Å². The highest BCUT2D eigenvalue weighted by atomic mass is 32.3. The monoisotopic (exact) mass is 507 g/mol. The fourth-order valence-corrected chi connectivity index (χ4v) is 5.48. The summed E-state index contributed by atoms with van der Waals surface area (Å²) < 4.78 is 31.4. The van der Waals surface area contributed by atoms with Gasteiger partial charge < -0.3 is 9.30 Å². The summed E-state index contributed by atoms with van der Waals surface area (Å²) in [6.45, 7) is 1.26. The standard InChI is InChI=1S/C24H21N5O4S2/c1-35(31,32)24-27-29-21(25)19(22(30)26-23(29)34-24)14-16-15-28(20-11-6-5-10-18(16)20)12-7-13-33-17-8-3-2-4-9-17/h2-6,8-11,14-15,25H,7,12-13H2,1H3/b19-14+,25-21?. The molecule has 2 aromatic carbocycles. The summed E-state index contributed by atoms with van der Waals surface area (Å²) >= 11 is 0.767. The van der Waals surface area contributed by atoms with E-state index < -0.39 is 15.7 Å². The molecular formula is C24H21N5O4S2. The number of aryl methyl sites for hydroxylation is 1. The summed E-state index contributed by atoms with van der Waals surface area (Å²) in [7, 11) is -3.58. The van der Waals surface area contributed by atoms with E-state index in [1.807, 2.05) is 60.8 Å². The normalized spacial score (nSPS) is 17.1. The van der Waals surface area contributed by atoms with Crippen LogP contribution in [0.3, 0.4) is 0 Å².